The van der Waals surface area contributed by atoms with Gasteiger partial charge in [0.05, 0.1) is 0 Å². The van der Waals surface area contributed by atoms with E-state index >= 15 is 0 Å². The lowest BCUT2D eigenvalue weighted by atomic mass is 9.84. The predicted molar refractivity (Wildman–Crippen MR) is 89.7 cm³/mol. The lowest BCUT2D eigenvalue weighted by molar-refractivity contribution is 0.252. The number of benzene rings is 2. The molecule has 1 unspecified atom stereocenters. The van der Waals surface area contributed by atoms with Crippen LogP contribution in [0.3, 0.4) is 0 Å². The SMILES string of the molecule is C[C@@H](NC1c2ccccc2CC1(C)C)c1ccc(Cl)cc1. The van der Waals surface area contributed by atoms with Crippen molar-refractivity contribution in [3.05, 3.63) is 70.2 Å². The molecule has 1 aliphatic rings. The summed E-state index contributed by atoms with van der Waals surface area (Å²) in [5.74, 6) is 0. The van der Waals surface area contributed by atoms with Gasteiger partial charge >= 0.3 is 0 Å². The number of halogens is 1. The van der Waals surface area contributed by atoms with Gasteiger partial charge in [0.25, 0.3) is 0 Å². The van der Waals surface area contributed by atoms with Crippen molar-refractivity contribution >= 4 is 11.6 Å². The van der Waals surface area contributed by atoms with Crippen LogP contribution >= 0.6 is 11.6 Å². The molecule has 0 aromatic heterocycles. The van der Waals surface area contributed by atoms with E-state index in [2.05, 4.69) is 62.5 Å². The predicted octanol–water partition coefficient (Wildman–Crippen LogP) is 5.31. The van der Waals surface area contributed by atoms with Crippen molar-refractivity contribution in [1.29, 1.82) is 0 Å². The minimum atomic E-state index is 0.240. The van der Waals surface area contributed by atoms with E-state index in [-0.39, 0.29) is 5.41 Å². The van der Waals surface area contributed by atoms with E-state index in [9.17, 15) is 0 Å². The molecule has 0 spiro atoms. The Morgan fingerprint density at radius 3 is 2.48 bits per heavy atom. The summed E-state index contributed by atoms with van der Waals surface area (Å²) in [6.07, 6.45) is 1.13. The molecule has 0 radical (unpaired) electrons. The molecule has 0 heterocycles. The average molecular weight is 300 g/mol. The molecule has 21 heavy (non-hydrogen) atoms. The van der Waals surface area contributed by atoms with Crippen LogP contribution < -0.4 is 5.32 Å². The largest absolute Gasteiger partial charge is 0.303 e. The molecule has 3 rings (SSSR count). The molecule has 2 atom stereocenters. The van der Waals surface area contributed by atoms with Crippen LogP contribution in [0.1, 0.15) is 49.5 Å². The molecule has 110 valence electrons. The summed E-state index contributed by atoms with van der Waals surface area (Å²) >= 11 is 5.98. The van der Waals surface area contributed by atoms with Gasteiger partial charge in [0.2, 0.25) is 0 Å². The van der Waals surface area contributed by atoms with Crippen molar-refractivity contribution in [3.8, 4) is 0 Å². The maximum absolute atomic E-state index is 5.98. The first kappa shape index (κ1) is 14.6. The highest BCUT2D eigenvalue weighted by Gasteiger charge is 2.39. The van der Waals surface area contributed by atoms with E-state index < -0.39 is 0 Å². The van der Waals surface area contributed by atoms with Crippen LogP contribution in [-0.2, 0) is 6.42 Å². The van der Waals surface area contributed by atoms with E-state index in [0.717, 1.165) is 11.4 Å². The first-order chi connectivity index (χ1) is 9.97. The van der Waals surface area contributed by atoms with Gasteiger partial charge in [-0.15, -0.1) is 0 Å². The van der Waals surface area contributed by atoms with Crippen LogP contribution in [0, 0.1) is 5.41 Å². The van der Waals surface area contributed by atoms with E-state index in [1.807, 2.05) is 12.1 Å². The molecule has 0 fully saturated rings. The summed E-state index contributed by atoms with van der Waals surface area (Å²) in [5.41, 5.74) is 4.44. The first-order valence-corrected chi connectivity index (χ1v) is 7.94. The van der Waals surface area contributed by atoms with Gasteiger partial charge < -0.3 is 5.32 Å². The maximum atomic E-state index is 5.98. The van der Waals surface area contributed by atoms with Gasteiger partial charge in [-0.2, -0.15) is 0 Å². The first-order valence-electron chi connectivity index (χ1n) is 7.57. The fourth-order valence-corrected chi connectivity index (χ4v) is 3.53. The van der Waals surface area contributed by atoms with Crippen molar-refractivity contribution in [2.24, 2.45) is 5.41 Å². The molecule has 0 saturated heterocycles. The highest BCUT2D eigenvalue weighted by atomic mass is 35.5. The maximum Gasteiger partial charge on any atom is 0.0406 e. The molecular weight excluding hydrogens is 278 g/mol. The van der Waals surface area contributed by atoms with Crippen LogP contribution in [0.4, 0.5) is 0 Å². The number of nitrogens with one attached hydrogen (secondary N) is 1. The quantitative estimate of drug-likeness (QED) is 0.809. The minimum absolute atomic E-state index is 0.240. The van der Waals surface area contributed by atoms with Gasteiger partial charge in [0.15, 0.2) is 0 Å². The van der Waals surface area contributed by atoms with Crippen LogP contribution in [0.25, 0.3) is 0 Å². The summed E-state index contributed by atoms with van der Waals surface area (Å²) < 4.78 is 0. The monoisotopic (exact) mass is 299 g/mol. The van der Waals surface area contributed by atoms with E-state index in [1.165, 1.54) is 16.7 Å². The number of hydrogen-bond donors (Lipinski definition) is 1. The van der Waals surface area contributed by atoms with Crippen molar-refractivity contribution in [2.45, 2.75) is 39.3 Å². The van der Waals surface area contributed by atoms with Crippen LogP contribution in [-0.4, -0.2) is 0 Å². The Hall–Kier alpha value is -1.31. The Labute approximate surface area is 132 Å². The van der Waals surface area contributed by atoms with Crippen molar-refractivity contribution in [3.63, 3.8) is 0 Å². The van der Waals surface area contributed by atoms with E-state index in [4.69, 9.17) is 11.6 Å². The molecule has 2 heteroatoms. The average Bonchev–Trinajstić information content (AvgIpc) is 2.70. The summed E-state index contributed by atoms with van der Waals surface area (Å²) in [6.45, 7) is 6.92. The summed E-state index contributed by atoms with van der Waals surface area (Å²) in [6, 6.07) is 17.6. The van der Waals surface area contributed by atoms with Gasteiger partial charge in [-0.1, -0.05) is 61.8 Å². The Morgan fingerprint density at radius 1 is 1.10 bits per heavy atom. The molecule has 0 aliphatic heterocycles. The summed E-state index contributed by atoms with van der Waals surface area (Å²) in [7, 11) is 0. The fraction of sp³-hybridized carbons (Fsp3) is 0.368. The second-order valence-electron chi connectivity index (χ2n) is 6.74. The molecule has 1 aliphatic carbocycles. The normalized spacial score (nSPS) is 21.0. The minimum Gasteiger partial charge on any atom is -0.303 e. The Kier molecular flexibility index (Phi) is 3.81. The molecule has 2 aromatic carbocycles. The van der Waals surface area contributed by atoms with E-state index in [0.29, 0.717) is 12.1 Å². The highest BCUT2D eigenvalue weighted by Crippen LogP contribution is 2.46. The Balaban J connectivity index is 1.85. The van der Waals surface area contributed by atoms with Gasteiger partial charge in [-0.3, -0.25) is 0 Å². The third kappa shape index (κ3) is 2.86. The van der Waals surface area contributed by atoms with Crippen LogP contribution in [0.2, 0.25) is 5.02 Å². The van der Waals surface area contributed by atoms with Crippen molar-refractivity contribution in [2.75, 3.05) is 0 Å². The smallest absolute Gasteiger partial charge is 0.0406 e. The molecule has 1 N–H and O–H groups in total. The zero-order valence-corrected chi connectivity index (χ0v) is 13.6. The Bertz CT molecular complexity index is 630. The van der Waals surface area contributed by atoms with Crippen molar-refractivity contribution < 1.29 is 0 Å². The molecule has 1 nitrogen and oxygen atoms in total. The summed E-state index contributed by atoms with van der Waals surface area (Å²) in [4.78, 5) is 0. The van der Waals surface area contributed by atoms with Crippen LogP contribution in [0.5, 0.6) is 0 Å². The molecular formula is C19H22ClN. The number of hydrogen-bond acceptors (Lipinski definition) is 1. The van der Waals surface area contributed by atoms with Crippen LogP contribution in [0.15, 0.2) is 48.5 Å². The Morgan fingerprint density at radius 2 is 1.76 bits per heavy atom. The fourth-order valence-electron chi connectivity index (χ4n) is 3.40. The topological polar surface area (TPSA) is 12.0 Å². The third-order valence-corrected chi connectivity index (χ3v) is 4.83. The standard InChI is InChI=1S/C19H22ClN/c1-13(14-8-10-16(20)11-9-14)21-18-17-7-5-4-6-15(17)12-19(18,2)3/h4-11,13,18,21H,12H2,1-3H3/t13-,18?/m1/s1. The van der Waals surface area contributed by atoms with Gasteiger partial charge in [-0.25, -0.2) is 0 Å². The second kappa shape index (κ2) is 5.47. The lowest BCUT2D eigenvalue weighted by Gasteiger charge is -2.31. The van der Waals surface area contributed by atoms with Crippen molar-refractivity contribution in [1.82, 2.24) is 5.32 Å². The third-order valence-electron chi connectivity index (χ3n) is 4.58. The zero-order chi connectivity index (χ0) is 15.0. The van der Waals surface area contributed by atoms with Gasteiger partial charge in [-0.05, 0) is 47.6 Å². The van der Waals surface area contributed by atoms with Gasteiger partial charge in [0.1, 0.15) is 0 Å². The second-order valence-corrected chi connectivity index (χ2v) is 7.17. The molecule has 0 amide bonds. The number of fused-ring (bicyclic) bond motifs is 1. The molecule has 2 aromatic rings. The molecule has 0 saturated carbocycles. The summed E-state index contributed by atoms with van der Waals surface area (Å²) in [5, 5.41) is 4.61. The number of rotatable bonds is 3. The van der Waals surface area contributed by atoms with Gasteiger partial charge in [0, 0.05) is 17.1 Å². The molecule has 0 bridgehead atoms. The highest BCUT2D eigenvalue weighted by molar-refractivity contribution is 6.30. The van der Waals surface area contributed by atoms with E-state index in [1.54, 1.807) is 0 Å². The zero-order valence-electron chi connectivity index (χ0n) is 12.9. The lowest BCUT2D eigenvalue weighted by Crippen LogP contribution is -2.33.